The monoisotopic (exact) mass is 234 g/mol. The topological polar surface area (TPSA) is 51.0 Å². The van der Waals surface area contributed by atoms with Gasteiger partial charge < -0.3 is 4.90 Å². The van der Waals surface area contributed by atoms with Gasteiger partial charge in [0.25, 0.3) is 0 Å². The Morgan fingerprint density at radius 3 is 2.76 bits per heavy atom. The molecule has 17 heavy (non-hydrogen) atoms. The lowest BCUT2D eigenvalue weighted by molar-refractivity contribution is -0.134. The van der Waals surface area contributed by atoms with Crippen molar-refractivity contribution in [1.29, 1.82) is 0 Å². The Labute approximate surface area is 101 Å². The molecule has 5 nitrogen and oxygen atoms in total. The van der Waals surface area contributed by atoms with E-state index < -0.39 is 0 Å². The van der Waals surface area contributed by atoms with E-state index in [1.165, 1.54) is 12.8 Å². The van der Waals surface area contributed by atoms with Crippen molar-refractivity contribution in [3.63, 3.8) is 0 Å². The standard InChI is InChI=1S/C12H18N4O/c17-12(10-3-1-2-4-10)15-7-5-11(9-15)16-8-6-13-14-16/h6,8,10-11H,1-5,7,9H2. The second-order valence-electron chi connectivity index (χ2n) is 5.09. The Bertz CT molecular complexity index is 383. The molecule has 1 amide bonds. The summed E-state index contributed by atoms with van der Waals surface area (Å²) >= 11 is 0. The summed E-state index contributed by atoms with van der Waals surface area (Å²) < 4.78 is 1.88. The lowest BCUT2D eigenvalue weighted by Gasteiger charge is -2.20. The van der Waals surface area contributed by atoms with Crippen LogP contribution in [-0.2, 0) is 4.79 Å². The Kier molecular flexibility index (Phi) is 2.82. The molecule has 1 aliphatic heterocycles. The van der Waals surface area contributed by atoms with Crippen molar-refractivity contribution in [2.24, 2.45) is 5.92 Å². The maximum atomic E-state index is 12.2. The fraction of sp³-hybridized carbons (Fsp3) is 0.750. The van der Waals surface area contributed by atoms with Crippen LogP contribution in [0.5, 0.6) is 0 Å². The molecule has 1 atom stereocenters. The van der Waals surface area contributed by atoms with Gasteiger partial charge in [-0.1, -0.05) is 18.1 Å². The molecule has 0 N–H and O–H groups in total. The Hall–Kier alpha value is -1.39. The van der Waals surface area contributed by atoms with E-state index in [2.05, 4.69) is 10.3 Å². The van der Waals surface area contributed by atoms with Crippen LogP contribution in [-0.4, -0.2) is 38.9 Å². The smallest absolute Gasteiger partial charge is 0.225 e. The van der Waals surface area contributed by atoms with Crippen molar-refractivity contribution in [3.05, 3.63) is 12.4 Å². The van der Waals surface area contributed by atoms with Crippen LogP contribution in [0.25, 0.3) is 0 Å². The van der Waals surface area contributed by atoms with Crippen LogP contribution < -0.4 is 0 Å². The molecule has 0 aromatic carbocycles. The van der Waals surface area contributed by atoms with Crippen LogP contribution in [0.15, 0.2) is 12.4 Å². The number of hydrogen-bond donors (Lipinski definition) is 0. The van der Waals surface area contributed by atoms with Gasteiger partial charge in [0.2, 0.25) is 5.91 Å². The summed E-state index contributed by atoms with van der Waals surface area (Å²) in [7, 11) is 0. The van der Waals surface area contributed by atoms with Gasteiger partial charge in [-0.3, -0.25) is 4.79 Å². The van der Waals surface area contributed by atoms with Gasteiger partial charge in [0.05, 0.1) is 12.2 Å². The van der Waals surface area contributed by atoms with Gasteiger partial charge in [0.15, 0.2) is 0 Å². The van der Waals surface area contributed by atoms with Crippen LogP contribution >= 0.6 is 0 Å². The van der Waals surface area contributed by atoms with Gasteiger partial charge >= 0.3 is 0 Å². The lowest BCUT2D eigenvalue weighted by atomic mass is 10.1. The third-order valence-corrected chi connectivity index (χ3v) is 3.99. The summed E-state index contributed by atoms with van der Waals surface area (Å²) in [5.74, 6) is 0.662. The van der Waals surface area contributed by atoms with E-state index in [0.717, 1.165) is 32.4 Å². The molecule has 1 saturated heterocycles. The first-order valence-corrected chi connectivity index (χ1v) is 6.49. The van der Waals surface area contributed by atoms with Crippen molar-refractivity contribution in [2.45, 2.75) is 38.1 Å². The van der Waals surface area contributed by atoms with Crippen LogP contribution in [0.3, 0.4) is 0 Å². The first-order valence-electron chi connectivity index (χ1n) is 6.49. The van der Waals surface area contributed by atoms with Crippen LogP contribution in [0.1, 0.15) is 38.1 Å². The van der Waals surface area contributed by atoms with Crippen molar-refractivity contribution in [3.8, 4) is 0 Å². The largest absolute Gasteiger partial charge is 0.340 e. The summed E-state index contributed by atoms with van der Waals surface area (Å²) in [6.45, 7) is 1.68. The summed E-state index contributed by atoms with van der Waals surface area (Å²) in [4.78, 5) is 14.3. The average molecular weight is 234 g/mol. The summed E-state index contributed by atoms with van der Waals surface area (Å²) in [6.07, 6.45) is 9.19. The number of nitrogens with zero attached hydrogens (tertiary/aromatic N) is 4. The number of carbonyl (C=O) groups excluding carboxylic acids is 1. The molecule has 3 rings (SSSR count). The number of aromatic nitrogens is 3. The minimum atomic E-state index is 0.296. The maximum Gasteiger partial charge on any atom is 0.225 e. The van der Waals surface area contributed by atoms with Crippen molar-refractivity contribution < 1.29 is 4.79 Å². The zero-order valence-electron chi connectivity index (χ0n) is 9.96. The van der Waals surface area contributed by atoms with Gasteiger partial charge in [-0.2, -0.15) is 0 Å². The molecule has 0 spiro atoms. The molecule has 92 valence electrons. The van der Waals surface area contributed by atoms with E-state index in [4.69, 9.17) is 0 Å². The SMILES string of the molecule is O=C(C1CCCC1)N1CCC(n2ccnn2)C1. The van der Waals surface area contributed by atoms with E-state index in [9.17, 15) is 4.79 Å². The molecular weight excluding hydrogens is 216 g/mol. The molecule has 1 aliphatic carbocycles. The fourth-order valence-electron chi connectivity index (χ4n) is 3.00. The van der Waals surface area contributed by atoms with E-state index in [0.29, 0.717) is 17.9 Å². The zero-order chi connectivity index (χ0) is 11.7. The van der Waals surface area contributed by atoms with Crippen molar-refractivity contribution in [1.82, 2.24) is 19.9 Å². The van der Waals surface area contributed by atoms with Gasteiger partial charge in [-0.25, -0.2) is 4.68 Å². The molecule has 1 unspecified atom stereocenters. The van der Waals surface area contributed by atoms with Crippen molar-refractivity contribution >= 4 is 5.91 Å². The van der Waals surface area contributed by atoms with Gasteiger partial charge in [-0.15, -0.1) is 5.10 Å². The highest BCUT2D eigenvalue weighted by Gasteiger charge is 2.32. The number of amides is 1. The number of hydrogen-bond acceptors (Lipinski definition) is 3. The minimum absolute atomic E-state index is 0.296. The Balaban J connectivity index is 1.62. The van der Waals surface area contributed by atoms with Crippen molar-refractivity contribution in [2.75, 3.05) is 13.1 Å². The molecule has 1 aromatic heterocycles. The molecule has 1 saturated carbocycles. The minimum Gasteiger partial charge on any atom is -0.340 e. The predicted molar refractivity (Wildman–Crippen MR) is 62.2 cm³/mol. The maximum absolute atomic E-state index is 12.2. The average Bonchev–Trinajstić information content (AvgIpc) is 3.09. The molecule has 1 aromatic rings. The number of rotatable bonds is 2. The number of carbonyl (C=O) groups is 1. The quantitative estimate of drug-likeness (QED) is 0.773. The summed E-state index contributed by atoms with van der Waals surface area (Å²) in [5.41, 5.74) is 0. The second kappa shape index (κ2) is 4.47. The molecule has 0 bridgehead atoms. The Morgan fingerprint density at radius 2 is 2.06 bits per heavy atom. The van der Waals surface area contributed by atoms with Crippen LogP contribution in [0.2, 0.25) is 0 Å². The second-order valence-corrected chi connectivity index (χ2v) is 5.09. The van der Waals surface area contributed by atoms with Gasteiger partial charge in [0.1, 0.15) is 0 Å². The highest BCUT2D eigenvalue weighted by atomic mass is 16.2. The third kappa shape index (κ3) is 2.06. The predicted octanol–water partition coefficient (Wildman–Crippen LogP) is 1.24. The van der Waals surface area contributed by atoms with Crippen LogP contribution in [0, 0.1) is 5.92 Å². The highest BCUT2D eigenvalue weighted by Crippen LogP contribution is 2.29. The molecule has 0 radical (unpaired) electrons. The normalized spacial score (nSPS) is 25.6. The third-order valence-electron chi connectivity index (χ3n) is 3.99. The number of likely N-dealkylation sites (tertiary alicyclic amines) is 1. The molecule has 2 heterocycles. The van der Waals surface area contributed by atoms with E-state index in [1.54, 1.807) is 6.20 Å². The summed E-state index contributed by atoms with van der Waals surface area (Å²) in [6, 6.07) is 0.322. The van der Waals surface area contributed by atoms with Gasteiger partial charge in [0, 0.05) is 25.2 Å². The van der Waals surface area contributed by atoms with E-state index in [1.807, 2.05) is 15.8 Å². The first-order chi connectivity index (χ1) is 8.34. The molecule has 2 fully saturated rings. The lowest BCUT2D eigenvalue weighted by Crippen LogP contribution is -2.33. The highest BCUT2D eigenvalue weighted by molar-refractivity contribution is 5.79. The molecule has 2 aliphatic rings. The van der Waals surface area contributed by atoms with Gasteiger partial charge in [-0.05, 0) is 19.3 Å². The van der Waals surface area contributed by atoms with E-state index >= 15 is 0 Å². The Morgan fingerprint density at radius 1 is 1.24 bits per heavy atom. The first kappa shape index (κ1) is 10.7. The molecular formula is C12H18N4O. The fourth-order valence-corrected chi connectivity index (χ4v) is 3.00. The molecule has 5 heteroatoms. The zero-order valence-corrected chi connectivity index (χ0v) is 9.96. The van der Waals surface area contributed by atoms with Crippen LogP contribution in [0.4, 0.5) is 0 Å². The van der Waals surface area contributed by atoms with E-state index in [-0.39, 0.29) is 0 Å². The summed E-state index contributed by atoms with van der Waals surface area (Å²) in [5, 5.41) is 7.84.